The number of primary amides is 2. The van der Waals surface area contributed by atoms with Gasteiger partial charge in [0.05, 0.1) is 0 Å². The molecule has 2 amide bonds. The van der Waals surface area contributed by atoms with E-state index in [0.717, 1.165) is 6.92 Å². The van der Waals surface area contributed by atoms with Crippen LogP contribution in [0.5, 0.6) is 0 Å². The first-order valence-electron chi connectivity index (χ1n) is 4.97. The molecule has 0 spiro atoms. The van der Waals surface area contributed by atoms with Crippen LogP contribution < -0.4 is 11.5 Å². The van der Waals surface area contributed by atoms with Crippen molar-refractivity contribution >= 4 is 11.8 Å². The minimum absolute atomic E-state index is 0.151. The Labute approximate surface area is 104 Å². The van der Waals surface area contributed by atoms with Crippen molar-refractivity contribution in [2.45, 2.75) is 18.8 Å². The lowest BCUT2D eigenvalue weighted by atomic mass is 10.00. The number of benzene rings is 1. The molecule has 100 valence electrons. The van der Waals surface area contributed by atoms with Crippen molar-refractivity contribution in [1.29, 1.82) is 0 Å². The second-order valence-electron chi connectivity index (χ2n) is 3.50. The van der Waals surface area contributed by atoms with E-state index in [1.165, 1.54) is 12.1 Å². The number of carbonyl (C=O) groups is 2. The lowest BCUT2D eigenvalue weighted by Crippen LogP contribution is -2.48. The number of hydrogen-bond acceptors (Lipinski definition) is 5. The Morgan fingerprint density at radius 2 is 1.56 bits per heavy atom. The van der Waals surface area contributed by atoms with Crippen molar-refractivity contribution in [2.75, 3.05) is 0 Å². The van der Waals surface area contributed by atoms with E-state index >= 15 is 0 Å². The molecule has 0 saturated carbocycles. The third kappa shape index (κ3) is 4.91. The van der Waals surface area contributed by atoms with E-state index in [1.54, 1.807) is 18.2 Å². The van der Waals surface area contributed by atoms with E-state index < -0.39 is 23.7 Å². The predicted molar refractivity (Wildman–Crippen MR) is 63.4 cm³/mol. The molecule has 18 heavy (non-hydrogen) atoms. The lowest BCUT2D eigenvalue weighted by Gasteiger charge is -2.22. The Balaban J connectivity index is 0.000000631. The fraction of sp³-hybridized carbons (Fsp3) is 0.273. The second-order valence-corrected chi connectivity index (χ2v) is 3.50. The van der Waals surface area contributed by atoms with Gasteiger partial charge in [0.15, 0.2) is 0 Å². The second kappa shape index (κ2) is 6.70. The van der Waals surface area contributed by atoms with Crippen LogP contribution in [0.15, 0.2) is 30.3 Å². The predicted octanol–water partition coefficient (Wildman–Crippen LogP) is -1.05. The largest absolute Gasteiger partial charge is 0.387 e. The summed E-state index contributed by atoms with van der Waals surface area (Å²) in [4.78, 5) is 20.4. The Hall–Kier alpha value is -1.96. The summed E-state index contributed by atoms with van der Waals surface area (Å²) < 4.78 is 0. The van der Waals surface area contributed by atoms with Gasteiger partial charge in [0.2, 0.25) is 5.78 Å². The molecule has 0 aliphatic heterocycles. The Bertz CT molecular complexity index is 399. The highest BCUT2D eigenvalue weighted by Gasteiger charge is 2.38. The molecule has 0 aromatic heterocycles. The van der Waals surface area contributed by atoms with Crippen LogP contribution in [0.1, 0.15) is 17.3 Å². The summed E-state index contributed by atoms with van der Waals surface area (Å²) in [5.41, 5.74) is 8.65. The van der Waals surface area contributed by atoms with Gasteiger partial charge in [-0.1, -0.05) is 30.3 Å². The molecular weight excluding hydrogens is 240 g/mol. The van der Waals surface area contributed by atoms with Crippen LogP contribution in [0.2, 0.25) is 0 Å². The molecular formula is C11H16N2O5. The average molecular weight is 256 g/mol. The highest BCUT2D eigenvalue weighted by atomic mass is 16.5. The van der Waals surface area contributed by atoms with E-state index in [0.29, 0.717) is 0 Å². The number of aliphatic hydroxyl groups excluding tert-OH is 1. The van der Waals surface area contributed by atoms with Gasteiger partial charge in [0, 0.05) is 5.56 Å². The van der Waals surface area contributed by atoms with Crippen molar-refractivity contribution in [3.05, 3.63) is 35.9 Å². The van der Waals surface area contributed by atoms with Gasteiger partial charge in [-0.2, -0.15) is 0 Å². The van der Waals surface area contributed by atoms with E-state index in [-0.39, 0.29) is 5.56 Å². The first kappa shape index (κ1) is 16.0. The number of hydrogen-bond donors (Lipinski definition) is 5. The summed E-state index contributed by atoms with van der Waals surface area (Å²) in [6.45, 7) is 1.14. The van der Waals surface area contributed by atoms with Crippen LogP contribution in [-0.2, 0) is 0 Å². The van der Waals surface area contributed by atoms with Gasteiger partial charge >= 0.3 is 6.03 Å². The number of amides is 2. The maximum atomic E-state index is 11.4. The van der Waals surface area contributed by atoms with Crippen LogP contribution >= 0.6 is 0 Å². The van der Waals surface area contributed by atoms with Crippen molar-refractivity contribution in [1.82, 2.24) is 0 Å². The molecule has 7 nitrogen and oxygen atoms in total. The molecule has 1 atom stereocenters. The van der Waals surface area contributed by atoms with Gasteiger partial charge < -0.3 is 26.8 Å². The van der Waals surface area contributed by atoms with Gasteiger partial charge in [-0.3, -0.25) is 4.79 Å². The topological polar surface area (TPSA) is 147 Å². The molecule has 1 aromatic carbocycles. The van der Waals surface area contributed by atoms with Crippen LogP contribution in [0.25, 0.3) is 0 Å². The third-order valence-electron chi connectivity index (χ3n) is 1.95. The number of Topliss-reactive ketones (excluding diaryl/α,β-unsaturated/α-hetero) is 1. The van der Waals surface area contributed by atoms with Crippen molar-refractivity contribution in [2.24, 2.45) is 11.5 Å². The number of carbonyl (C=O) groups excluding carboxylic acids is 2. The summed E-state index contributed by atoms with van der Waals surface area (Å²) in [6, 6.07) is 6.98. The molecule has 0 aliphatic rings. The molecule has 1 rings (SSSR count). The highest BCUT2D eigenvalue weighted by Crippen LogP contribution is 2.14. The maximum absolute atomic E-state index is 11.4. The van der Waals surface area contributed by atoms with Gasteiger partial charge in [-0.05, 0) is 6.92 Å². The van der Waals surface area contributed by atoms with Crippen molar-refractivity contribution in [3.8, 4) is 0 Å². The Kier molecular flexibility index (Phi) is 5.97. The maximum Gasteiger partial charge on any atom is 0.309 e. The summed E-state index contributed by atoms with van der Waals surface area (Å²) >= 11 is 0. The number of ketones is 1. The molecule has 1 unspecified atom stereocenters. The summed E-state index contributed by atoms with van der Waals surface area (Å²) in [5.74, 6) is -3.63. The Morgan fingerprint density at radius 1 is 1.17 bits per heavy atom. The average Bonchev–Trinajstić information content (AvgIpc) is 2.28. The zero-order valence-corrected chi connectivity index (χ0v) is 9.78. The van der Waals surface area contributed by atoms with E-state index in [1.807, 2.05) is 0 Å². The van der Waals surface area contributed by atoms with Crippen molar-refractivity contribution in [3.63, 3.8) is 0 Å². The van der Waals surface area contributed by atoms with Crippen LogP contribution in [0.4, 0.5) is 4.79 Å². The molecule has 7 N–H and O–H groups in total. The fourth-order valence-corrected chi connectivity index (χ4v) is 0.992. The van der Waals surface area contributed by atoms with Crippen LogP contribution in [0, 0.1) is 0 Å². The monoisotopic (exact) mass is 256 g/mol. The zero-order chi connectivity index (χ0) is 14.3. The van der Waals surface area contributed by atoms with Gasteiger partial charge in [0.25, 0.3) is 5.79 Å². The smallest absolute Gasteiger partial charge is 0.309 e. The van der Waals surface area contributed by atoms with Crippen molar-refractivity contribution < 1.29 is 24.9 Å². The standard InChI is InChI=1S/C10H12O4.CH4N2O/c1-7(11)10(13,14)9(12)8-5-3-2-4-6-8;2-1(3)4/h2-7,11,13-14H,1H3;(H4,2,3,4). The molecule has 0 saturated heterocycles. The molecule has 0 radical (unpaired) electrons. The molecule has 7 heteroatoms. The fourth-order valence-electron chi connectivity index (χ4n) is 0.992. The SMILES string of the molecule is CC(O)C(O)(O)C(=O)c1ccccc1.NC(N)=O. The van der Waals surface area contributed by atoms with Gasteiger partial charge in [-0.25, -0.2) is 4.79 Å². The first-order chi connectivity index (χ1) is 8.19. The molecule has 0 aliphatic carbocycles. The van der Waals surface area contributed by atoms with Crippen LogP contribution in [0.3, 0.4) is 0 Å². The Morgan fingerprint density at radius 3 is 1.89 bits per heavy atom. The van der Waals surface area contributed by atoms with E-state index in [4.69, 9.17) is 9.90 Å². The van der Waals surface area contributed by atoms with Crippen LogP contribution in [-0.4, -0.2) is 39.0 Å². The lowest BCUT2D eigenvalue weighted by molar-refractivity contribution is -0.180. The normalized spacial score (nSPS) is 12.0. The summed E-state index contributed by atoms with van der Waals surface area (Å²) in [5, 5.41) is 27.5. The summed E-state index contributed by atoms with van der Waals surface area (Å²) in [6.07, 6.45) is -1.53. The molecule has 0 heterocycles. The zero-order valence-electron chi connectivity index (χ0n) is 9.78. The minimum Gasteiger partial charge on any atom is -0.387 e. The first-order valence-corrected chi connectivity index (χ1v) is 4.97. The summed E-state index contributed by atoms with van der Waals surface area (Å²) in [7, 11) is 0. The van der Waals surface area contributed by atoms with E-state index in [2.05, 4.69) is 11.5 Å². The van der Waals surface area contributed by atoms with Gasteiger partial charge in [0.1, 0.15) is 6.10 Å². The highest BCUT2D eigenvalue weighted by molar-refractivity contribution is 6.01. The quantitative estimate of drug-likeness (QED) is 0.346. The number of urea groups is 1. The number of aliphatic hydroxyl groups is 3. The van der Waals surface area contributed by atoms with Gasteiger partial charge in [-0.15, -0.1) is 0 Å². The number of rotatable bonds is 3. The molecule has 0 bridgehead atoms. The molecule has 0 fully saturated rings. The van der Waals surface area contributed by atoms with E-state index in [9.17, 15) is 15.0 Å². The number of nitrogens with two attached hydrogens (primary N) is 2. The third-order valence-corrected chi connectivity index (χ3v) is 1.95. The minimum atomic E-state index is -2.72. The molecule has 1 aromatic rings.